The van der Waals surface area contributed by atoms with Crippen LogP contribution in [-0.2, 0) is 5.75 Å². The number of hydrogen-bond acceptors (Lipinski definition) is 2. The molecule has 0 atom stereocenters. The van der Waals surface area contributed by atoms with Crippen molar-refractivity contribution in [1.29, 1.82) is 0 Å². The molecule has 0 heterocycles. The third-order valence-electron chi connectivity index (χ3n) is 2.28. The van der Waals surface area contributed by atoms with E-state index < -0.39 is 0 Å². The van der Waals surface area contributed by atoms with Crippen molar-refractivity contribution in [2.45, 2.75) is 5.75 Å². The van der Waals surface area contributed by atoms with Gasteiger partial charge in [-0.25, -0.2) is 4.39 Å². The molecule has 1 N–H and O–H groups in total. The monoisotopic (exact) mass is 261 g/mol. The highest BCUT2D eigenvalue weighted by molar-refractivity contribution is 8.13. The van der Waals surface area contributed by atoms with E-state index in [1.165, 1.54) is 12.1 Å². The molecule has 0 aliphatic carbocycles. The zero-order valence-electron chi connectivity index (χ0n) is 9.60. The summed E-state index contributed by atoms with van der Waals surface area (Å²) in [6.07, 6.45) is 0. The zero-order valence-corrected chi connectivity index (χ0v) is 10.4. The van der Waals surface area contributed by atoms with E-state index in [-0.39, 0.29) is 11.1 Å². The van der Waals surface area contributed by atoms with E-state index >= 15 is 0 Å². The van der Waals surface area contributed by atoms with Crippen LogP contribution in [-0.4, -0.2) is 5.24 Å². The highest BCUT2D eigenvalue weighted by Gasteiger charge is 2.04. The Bertz CT molecular complexity index is 530. The lowest BCUT2D eigenvalue weighted by Crippen LogP contribution is -2.05. The van der Waals surface area contributed by atoms with Gasteiger partial charge in [-0.05, 0) is 23.8 Å². The lowest BCUT2D eigenvalue weighted by molar-refractivity contribution is 0.269. The molecule has 0 saturated carbocycles. The Morgan fingerprint density at radius 2 is 1.89 bits per heavy atom. The molecular formula is C14H12FNOS. The molecule has 0 radical (unpaired) electrons. The molecule has 0 unspecified atom stereocenters. The summed E-state index contributed by atoms with van der Waals surface area (Å²) < 4.78 is 12.9. The van der Waals surface area contributed by atoms with Gasteiger partial charge in [0.15, 0.2) is 0 Å². The van der Waals surface area contributed by atoms with Crippen molar-refractivity contribution >= 4 is 22.7 Å². The molecule has 2 aromatic rings. The van der Waals surface area contributed by atoms with Gasteiger partial charge in [0.1, 0.15) is 5.82 Å². The van der Waals surface area contributed by atoms with Gasteiger partial charge >= 0.3 is 0 Å². The number of thioether (sulfide) groups is 1. The second-order valence-electron chi connectivity index (χ2n) is 3.70. The van der Waals surface area contributed by atoms with E-state index in [9.17, 15) is 9.18 Å². The van der Waals surface area contributed by atoms with E-state index in [2.05, 4.69) is 5.32 Å². The van der Waals surface area contributed by atoms with Gasteiger partial charge in [0.2, 0.25) is 0 Å². The zero-order chi connectivity index (χ0) is 12.8. The highest BCUT2D eigenvalue weighted by atomic mass is 32.2. The van der Waals surface area contributed by atoms with E-state index in [1.807, 2.05) is 30.3 Å². The van der Waals surface area contributed by atoms with Gasteiger partial charge < -0.3 is 5.32 Å². The predicted octanol–water partition coefficient (Wildman–Crippen LogP) is 4.29. The van der Waals surface area contributed by atoms with Crippen LogP contribution >= 0.6 is 11.8 Å². The van der Waals surface area contributed by atoms with Crippen LogP contribution in [0.15, 0.2) is 54.6 Å². The Kier molecular flexibility index (Phi) is 4.36. The topological polar surface area (TPSA) is 29.1 Å². The molecule has 0 fully saturated rings. The molecule has 4 heteroatoms. The molecule has 2 rings (SSSR count). The van der Waals surface area contributed by atoms with Gasteiger partial charge in [0, 0.05) is 11.4 Å². The second kappa shape index (κ2) is 6.21. The first kappa shape index (κ1) is 12.6. The molecule has 0 saturated heterocycles. The van der Waals surface area contributed by atoms with E-state index in [4.69, 9.17) is 0 Å². The number of hydrogen-bond donors (Lipinski definition) is 1. The van der Waals surface area contributed by atoms with Crippen LogP contribution in [0.3, 0.4) is 0 Å². The number of nitrogens with one attached hydrogen (secondary N) is 1. The van der Waals surface area contributed by atoms with Crippen molar-refractivity contribution in [1.82, 2.24) is 0 Å². The van der Waals surface area contributed by atoms with E-state index in [0.717, 1.165) is 17.3 Å². The predicted molar refractivity (Wildman–Crippen MR) is 73.2 cm³/mol. The summed E-state index contributed by atoms with van der Waals surface area (Å²) >= 11 is 1.16. The summed E-state index contributed by atoms with van der Waals surface area (Å²) in [5.41, 5.74) is 1.55. The molecule has 18 heavy (non-hydrogen) atoms. The van der Waals surface area contributed by atoms with Crippen LogP contribution in [0.4, 0.5) is 14.9 Å². The molecule has 1 amide bonds. The Balaban J connectivity index is 1.86. The van der Waals surface area contributed by atoms with Gasteiger partial charge in [-0.2, -0.15) is 0 Å². The lowest BCUT2D eigenvalue weighted by Gasteiger charge is -2.04. The number of rotatable bonds is 3. The van der Waals surface area contributed by atoms with Gasteiger partial charge in [-0.3, -0.25) is 4.79 Å². The van der Waals surface area contributed by atoms with Crippen LogP contribution in [0.25, 0.3) is 0 Å². The smallest absolute Gasteiger partial charge is 0.283 e. The average Bonchev–Trinajstić information content (AvgIpc) is 2.38. The standard InChI is InChI=1S/C14H12FNOS/c15-12-7-4-8-13(9-12)16-14(17)18-10-11-5-2-1-3-6-11/h1-9H,10H2,(H,16,17). The minimum Gasteiger partial charge on any atom is -0.317 e. The molecule has 0 aliphatic heterocycles. The van der Waals surface area contributed by atoms with Crippen molar-refractivity contribution in [3.63, 3.8) is 0 Å². The summed E-state index contributed by atoms with van der Waals surface area (Å²) in [6, 6.07) is 15.6. The SMILES string of the molecule is O=C(Nc1cccc(F)c1)SCc1ccccc1. The summed E-state index contributed by atoms with van der Waals surface area (Å²) in [4.78, 5) is 11.6. The first-order chi connectivity index (χ1) is 8.74. The molecule has 0 aliphatic rings. The molecule has 92 valence electrons. The number of halogens is 1. The summed E-state index contributed by atoms with van der Waals surface area (Å²) in [5, 5.41) is 2.45. The number of carbonyl (C=O) groups excluding carboxylic acids is 1. The van der Waals surface area contributed by atoms with E-state index in [1.54, 1.807) is 12.1 Å². The number of amides is 1. The van der Waals surface area contributed by atoms with Crippen LogP contribution in [0.2, 0.25) is 0 Å². The maximum atomic E-state index is 12.9. The Morgan fingerprint density at radius 3 is 2.61 bits per heavy atom. The maximum Gasteiger partial charge on any atom is 0.283 e. The summed E-state index contributed by atoms with van der Waals surface area (Å²) in [5.74, 6) is 0.239. The van der Waals surface area contributed by atoms with E-state index in [0.29, 0.717) is 11.4 Å². The van der Waals surface area contributed by atoms with Crippen molar-refractivity contribution in [2.24, 2.45) is 0 Å². The highest BCUT2D eigenvalue weighted by Crippen LogP contribution is 2.16. The third kappa shape index (κ3) is 3.89. The third-order valence-corrected chi connectivity index (χ3v) is 3.13. The minimum atomic E-state index is -0.360. The van der Waals surface area contributed by atoms with Crippen LogP contribution < -0.4 is 5.32 Å². The van der Waals surface area contributed by atoms with Gasteiger partial charge in [-0.15, -0.1) is 0 Å². The molecule has 0 bridgehead atoms. The second-order valence-corrected chi connectivity index (χ2v) is 4.65. The molecular weight excluding hydrogens is 249 g/mol. The fraction of sp³-hybridized carbons (Fsp3) is 0.0714. The largest absolute Gasteiger partial charge is 0.317 e. The molecule has 0 spiro atoms. The molecule has 0 aromatic heterocycles. The lowest BCUT2D eigenvalue weighted by atomic mass is 10.2. The number of carbonyl (C=O) groups is 1. The quantitative estimate of drug-likeness (QED) is 0.893. The summed E-state index contributed by atoms with van der Waals surface area (Å²) in [6.45, 7) is 0. The van der Waals surface area contributed by atoms with Crippen molar-refractivity contribution in [3.05, 3.63) is 66.0 Å². The first-order valence-electron chi connectivity index (χ1n) is 5.47. The summed E-state index contributed by atoms with van der Waals surface area (Å²) in [7, 11) is 0. The van der Waals surface area contributed by atoms with Crippen molar-refractivity contribution < 1.29 is 9.18 Å². The van der Waals surface area contributed by atoms with Crippen LogP contribution in [0.1, 0.15) is 5.56 Å². The van der Waals surface area contributed by atoms with Gasteiger partial charge in [0.25, 0.3) is 5.24 Å². The number of benzene rings is 2. The van der Waals surface area contributed by atoms with Gasteiger partial charge in [-0.1, -0.05) is 48.2 Å². The van der Waals surface area contributed by atoms with Crippen LogP contribution in [0, 0.1) is 5.82 Å². The Hall–Kier alpha value is -1.81. The first-order valence-corrected chi connectivity index (χ1v) is 6.46. The average molecular weight is 261 g/mol. The fourth-order valence-corrected chi connectivity index (χ4v) is 2.12. The normalized spacial score (nSPS) is 10.1. The maximum absolute atomic E-state index is 12.9. The molecule has 2 nitrogen and oxygen atoms in total. The Morgan fingerprint density at radius 1 is 1.11 bits per heavy atom. The minimum absolute atomic E-state index is 0.190. The fourth-order valence-electron chi connectivity index (χ4n) is 1.44. The van der Waals surface area contributed by atoms with Gasteiger partial charge in [0.05, 0.1) is 0 Å². The molecule has 2 aromatic carbocycles. The Labute approximate surface area is 109 Å². The van der Waals surface area contributed by atoms with Crippen LogP contribution in [0.5, 0.6) is 0 Å². The van der Waals surface area contributed by atoms with Crippen molar-refractivity contribution in [2.75, 3.05) is 5.32 Å². The van der Waals surface area contributed by atoms with Crippen molar-refractivity contribution in [3.8, 4) is 0 Å². The number of anilines is 1.